The van der Waals surface area contributed by atoms with E-state index < -0.39 is 37.2 Å². The molecule has 0 bridgehead atoms. The minimum absolute atomic E-state index is 0.444. The Bertz CT molecular complexity index is 443. The third kappa shape index (κ3) is 3.19. The van der Waals surface area contributed by atoms with Gasteiger partial charge in [-0.3, -0.25) is 9.36 Å². The summed E-state index contributed by atoms with van der Waals surface area (Å²) < 4.78 is 50.8. The Morgan fingerprint density at radius 3 is 2.31 bits per heavy atom. The quantitative estimate of drug-likeness (QED) is 0.803. The van der Waals surface area contributed by atoms with Gasteiger partial charge in [0.1, 0.15) is 5.76 Å². The van der Waals surface area contributed by atoms with Crippen molar-refractivity contribution in [2.75, 3.05) is 0 Å². The number of furan rings is 1. The molecule has 0 fully saturated rings. The third-order valence-corrected chi connectivity index (χ3v) is 2.40. The molecular weight excluding hydrogens is 252 g/mol. The molecule has 16 heavy (non-hydrogen) atoms. The van der Waals surface area contributed by atoms with Crippen molar-refractivity contribution in [2.24, 2.45) is 0 Å². The van der Waals surface area contributed by atoms with Crippen LogP contribution >= 0.6 is 7.60 Å². The topological polar surface area (TPSA) is 87.7 Å². The van der Waals surface area contributed by atoms with Gasteiger partial charge in [0.05, 0.1) is 6.42 Å². The first kappa shape index (κ1) is 13.0. The van der Waals surface area contributed by atoms with Gasteiger partial charge in [-0.05, 0) is 12.1 Å². The normalized spacial score (nSPS) is 12.8. The first-order valence-electron chi connectivity index (χ1n) is 3.85. The lowest BCUT2D eigenvalue weighted by Gasteiger charge is -2.02. The highest BCUT2D eigenvalue weighted by Gasteiger charge is 2.35. The summed E-state index contributed by atoms with van der Waals surface area (Å²) in [5.74, 6) is -1.76. The molecule has 0 atom stereocenters. The predicted octanol–water partition coefficient (Wildman–Crippen LogP) is 1.55. The van der Waals surface area contributed by atoms with Gasteiger partial charge >= 0.3 is 13.8 Å². The minimum Gasteiger partial charge on any atom is -0.456 e. The SMILES string of the molecule is O=C(Cc1ccc(C(F)(F)F)o1)P(=O)(O)O. The second-order valence-electron chi connectivity index (χ2n) is 2.88. The zero-order valence-corrected chi connectivity index (χ0v) is 8.46. The highest BCUT2D eigenvalue weighted by atomic mass is 31.2. The van der Waals surface area contributed by atoms with E-state index in [1.807, 2.05) is 0 Å². The molecule has 0 radical (unpaired) electrons. The van der Waals surface area contributed by atoms with Gasteiger partial charge in [0.25, 0.3) is 5.52 Å². The number of hydrogen-bond acceptors (Lipinski definition) is 3. The minimum atomic E-state index is -4.93. The summed E-state index contributed by atoms with van der Waals surface area (Å²) in [5.41, 5.74) is -1.49. The zero-order valence-electron chi connectivity index (χ0n) is 7.56. The standard InChI is InChI=1S/C7H6F3O5P/c8-7(9,10)5-2-1-4(15-5)3-6(11)16(12,13)14/h1-2H,3H2,(H2,12,13,14). The molecule has 0 saturated carbocycles. The summed E-state index contributed by atoms with van der Waals surface area (Å²) in [4.78, 5) is 27.6. The van der Waals surface area contributed by atoms with Crippen LogP contribution in [0, 0.1) is 0 Å². The molecule has 1 rings (SSSR count). The van der Waals surface area contributed by atoms with E-state index in [-0.39, 0.29) is 0 Å². The number of rotatable bonds is 3. The van der Waals surface area contributed by atoms with Gasteiger partial charge in [0.15, 0.2) is 0 Å². The molecule has 1 aromatic rings. The molecule has 0 aliphatic heterocycles. The van der Waals surface area contributed by atoms with Gasteiger partial charge in [0.2, 0.25) is 5.76 Å². The number of halogens is 3. The van der Waals surface area contributed by atoms with Crippen LogP contribution in [0.3, 0.4) is 0 Å². The van der Waals surface area contributed by atoms with Gasteiger partial charge in [0, 0.05) is 0 Å². The van der Waals surface area contributed by atoms with E-state index in [0.717, 1.165) is 6.07 Å². The average molecular weight is 258 g/mol. The van der Waals surface area contributed by atoms with Crippen molar-refractivity contribution >= 4 is 13.1 Å². The van der Waals surface area contributed by atoms with Crippen LogP contribution < -0.4 is 0 Å². The Hall–Kier alpha value is -1.11. The van der Waals surface area contributed by atoms with Crippen molar-refractivity contribution in [1.82, 2.24) is 0 Å². The summed E-state index contributed by atoms with van der Waals surface area (Å²) in [7, 11) is -4.93. The molecule has 0 amide bonds. The molecule has 9 heteroatoms. The van der Waals surface area contributed by atoms with Crippen LogP contribution in [-0.2, 0) is 22.0 Å². The van der Waals surface area contributed by atoms with Crippen LogP contribution in [0.15, 0.2) is 16.5 Å². The van der Waals surface area contributed by atoms with Crippen LogP contribution in [0.25, 0.3) is 0 Å². The largest absolute Gasteiger partial charge is 0.456 e. The molecular formula is C7H6F3O5P. The molecule has 0 aliphatic carbocycles. The van der Waals surface area contributed by atoms with E-state index in [9.17, 15) is 22.5 Å². The smallest absolute Gasteiger partial charge is 0.449 e. The maximum absolute atomic E-state index is 12.0. The number of alkyl halides is 3. The molecule has 1 aromatic heterocycles. The van der Waals surface area contributed by atoms with Gasteiger partial charge in [-0.2, -0.15) is 13.2 Å². The highest BCUT2D eigenvalue weighted by molar-refractivity contribution is 7.70. The molecule has 0 saturated heterocycles. The summed E-state index contributed by atoms with van der Waals surface area (Å²) in [6.45, 7) is 0. The van der Waals surface area contributed by atoms with Gasteiger partial charge < -0.3 is 14.2 Å². The Morgan fingerprint density at radius 2 is 1.94 bits per heavy atom. The van der Waals surface area contributed by atoms with E-state index >= 15 is 0 Å². The van der Waals surface area contributed by atoms with Crippen molar-refractivity contribution in [2.45, 2.75) is 12.6 Å². The molecule has 2 N–H and O–H groups in total. The lowest BCUT2D eigenvalue weighted by Crippen LogP contribution is -2.04. The van der Waals surface area contributed by atoms with E-state index in [1.54, 1.807) is 0 Å². The number of carbonyl (C=O) groups excluding carboxylic acids is 1. The fourth-order valence-electron chi connectivity index (χ4n) is 0.877. The average Bonchev–Trinajstić information content (AvgIpc) is 2.49. The molecule has 90 valence electrons. The lowest BCUT2D eigenvalue weighted by atomic mass is 10.3. The summed E-state index contributed by atoms with van der Waals surface area (Å²) in [6, 6.07) is 1.43. The Balaban J connectivity index is 2.82. The van der Waals surface area contributed by atoms with E-state index in [4.69, 9.17) is 9.79 Å². The highest BCUT2D eigenvalue weighted by Crippen LogP contribution is 2.37. The van der Waals surface area contributed by atoms with Gasteiger partial charge in [-0.1, -0.05) is 0 Å². The van der Waals surface area contributed by atoms with Gasteiger partial charge in [-0.25, -0.2) is 0 Å². The second kappa shape index (κ2) is 4.04. The van der Waals surface area contributed by atoms with Crippen LogP contribution in [0.2, 0.25) is 0 Å². The molecule has 0 aliphatic rings. The van der Waals surface area contributed by atoms with Crippen molar-refractivity contribution in [3.05, 3.63) is 23.7 Å². The number of carbonyl (C=O) groups is 1. The van der Waals surface area contributed by atoms with Crippen LogP contribution in [0.4, 0.5) is 13.2 Å². The van der Waals surface area contributed by atoms with Crippen LogP contribution in [-0.4, -0.2) is 15.3 Å². The third-order valence-electron chi connectivity index (χ3n) is 1.59. The summed E-state index contributed by atoms with van der Waals surface area (Å²) in [5, 5.41) is 0. The number of hydrogen-bond donors (Lipinski definition) is 2. The summed E-state index contributed by atoms with van der Waals surface area (Å²) >= 11 is 0. The molecule has 0 unspecified atom stereocenters. The maximum Gasteiger partial charge on any atom is 0.449 e. The lowest BCUT2D eigenvalue weighted by molar-refractivity contribution is -0.153. The van der Waals surface area contributed by atoms with E-state index in [0.29, 0.717) is 6.07 Å². The molecule has 1 heterocycles. The Labute approximate surface area is 87.0 Å². The van der Waals surface area contributed by atoms with Crippen molar-refractivity contribution in [3.8, 4) is 0 Å². The maximum atomic E-state index is 12.0. The first-order valence-corrected chi connectivity index (χ1v) is 5.47. The van der Waals surface area contributed by atoms with E-state index in [2.05, 4.69) is 4.42 Å². The van der Waals surface area contributed by atoms with Crippen LogP contribution in [0.1, 0.15) is 11.5 Å². The Morgan fingerprint density at radius 1 is 1.38 bits per heavy atom. The Kier molecular flexibility index (Phi) is 3.27. The monoisotopic (exact) mass is 258 g/mol. The van der Waals surface area contributed by atoms with Crippen molar-refractivity contribution in [3.63, 3.8) is 0 Å². The predicted molar refractivity (Wildman–Crippen MR) is 44.5 cm³/mol. The second-order valence-corrected chi connectivity index (χ2v) is 4.47. The fourth-order valence-corrected chi connectivity index (χ4v) is 1.24. The van der Waals surface area contributed by atoms with Crippen molar-refractivity contribution < 1.29 is 36.7 Å². The first-order chi connectivity index (χ1) is 7.10. The molecule has 0 aromatic carbocycles. The van der Waals surface area contributed by atoms with E-state index in [1.165, 1.54) is 0 Å². The zero-order chi connectivity index (χ0) is 12.6. The molecule has 0 spiro atoms. The fraction of sp³-hybridized carbons (Fsp3) is 0.286. The summed E-state index contributed by atoms with van der Waals surface area (Å²) in [6.07, 6.45) is -5.57. The van der Waals surface area contributed by atoms with Crippen molar-refractivity contribution in [1.29, 1.82) is 0 Å². The van der Waals surface area contributed by atoms with Gasteiger partial charge in [-0.15, -0.1) is 0 Å². The molecule has 5 nitrogen and oxygen atoms in total. The van der Waals surface area contributed by atoms with Crippen LogP contribution in [0.5, 0.6) is 0 Å².